The monoisotopic (exact) mass is 564 g/mol. The number of anilines is 1. The molecule has 1 aliphatic rings. The van der Waals surface area contributed by atoms with Crippen LogP contribution in [0, 0.1) is 0 Å². The first-order valence-electron chi connectivity index (χ1n) is 9.73. The summed E-state index contributed by atoms with van der Waals surface area (Å²) in [6.45, 7) is 1.32. The molecule has 0 radical (unpaired) electrons. The molecule has 1 saturated heterocycles. The minimum Gasteiger partial charge on any atom is -0.477 e. The second-order valence-electron chi connectivity index (χ2n) is 7.33. The van der Waals surface area contributed by atoms with Crippen molar-refractivity contribution in [3.8, 4) is 0 Å². The fourth-order valence-corrected chi connectivity index (χ4v) is 4.23. The number of carboxylic acids is 1. The van der Waals surface area contributed by atoms with Gasteiger partial charge in [-0.1, -0.05) is 22.6 Å². The maximum absolute atomic E-state index is 11.1. The molecule has 0 bridgehead atoms. The van der Waals surface area contributed by atoms with Crippen LogP contribution in [0.15, 0.2) is 11.4 Å². The second kappa shape index (κ2) is 10.5. The number of carbonyl (C=O) groups is 1. The molecule has 32 heavy (non-hydrogen) atoms. The number of quaternary nitrogens is 1. The topological polar surface area (TPSA) is 238 Å². The Morgan fingerprint density at radius 3 is 2.88 bits per heavy atom. The quantitative estimate of drug-likeness (QED) is 0.0476. The van der Waals surface area contributed by atoms with Crippen molar-refractivity contribution in [3.63, 3.8) is 0 Å². The van der Waals surface area contributed by atoms with Gasteiger partial charge in [-0.25, -0.2) is 14.8 Å². The highest BCUT2D eigenvalue weighted by Crippen LogP contribution is 2.30. The van der Waals surface area contributed by atoms with Crippen LogP contribution in [-0.2, 0) is 9.53 Å². The van der Waals surface area contributed by atoms with Crippen LogP contribution in [-0.4, -0.2) is 89.6 Å². The van der Waals surface area contributed by atoms with Gasteiger partial charge in [0.15, 0.2) is 28.6 Å². The number of ether oxygens (including phenoxy) is 1. The van der Waals surface area contributed by atoms with Crippen LogP contribution in [0.2, 0.25) is 0 Å². The molecule has 0 saturated carbocycles. The molecule has 0 spiro atoms. The van der Waals surface area contributed by atoms with E-state index in [0.29, 0.717) is 25.0 Å². The second-order valence-corrected chi connectivity index (χ2v) is 8.40. The van der Waals surface area contributed by atoms with Crippen molar-refractivity contribution in [1.29, 1.82) is 0 Å². The highest BCUT2D eigenvalue weighted by molar-refractivity contribution is 14.1. The van der Waals surface area contributed by atoms with Gasteiger partial charge in [-0.3, -0.25) is 4.90 Å². The Morgan fingerprint density at radius 2 is 2.22 bits per heavy atom. The zero-order valence-corrected chi connectivity index (χ0v) is 19.1. The largest absolute Gasteiger partial charge is 0.477 e. The summed E-state index contributed by atoms with van der Waals surface area (Å²) in [6, 6.07) is -0.752. The number of aliphatic hydroxyl groups is 2. The van der Waals surface area contributed by atoms with E-state index in [1.165, 1.54) is 10.9 Å². The van der Waals surface area contributed by atoms with Gasteiger partial charge in [0, 0.05) is 36.0 Å². The van der Waals surface area contributed by atoms with Crippen LogP contribution in [0.25, 0.3) is 21.6 Å². The van der Waals surface area contributed by atoms with Crippen LogP contribution in [0.1, 0.15) is 12.6 Å². The summed E-state index contributed by atoms with van der Waals surface area (Å²) in [5, 5.41) is 34.0. The fraction of sp³-hybridized carbons (Fsp3) is 0.625. The van der Waals surface area contributed by atoms with Crippen molar-refractivity contribution in [2.45, 2.75) is 37.0 Å². The number of aliphatic carboxylic acids is 1. The van der Waals surface area contributed by atoms with E-state index in [1.54, 1.807) is 0 Å². The Labute approximate surface area is 195 Å². The number of rotatable bonds is 10. The number of nitrogen functional groups attached to an aromatic ring is 1. The number of nitrogens with one attached hydrogen (secondary N) is 1. The van der Waals surface area contributed by atoms with E-state index in [0.717, 1.165) is 4.43 Å². The minimum absolute atomic E-state index is 0.0166. The lowest BCUT2D eigenvalue weighted by molar-refractivity contribution is -0.733. The van der Waals surface area contributed by atoms with Gasteiger partial charge in [-0.2, -0.15) is 4.57 Å². The van der Waals surface area contributed by atoms with Crippen molar-refractivity contribution < 1.29 is 35.2 Å². The third-order valence-electron chi connectivity index (χ3n) is 5.26. The maximum Gasteiger partial charge on any atom is 0.441 e. The predicted octanol–water partition coefficient (Wildman–Crippen LogP) is -1.79. The number of aromatic amines is 1. The number of hydrogen-bond donors (Lipinski definition) is 6. The molecule has 3 rings (SSSR count). The lowest BCUT2D eigenvalue weighted by Crippen LogP contribution is -2.65. The Morgan fingerprint density at radius 1 is 1.47 bits per heavy atom. The summed E-state index contributed by atoms with van der Waals surface area (Å²) < 4.78 is 8.09. The summed E-state index contributed by atoms with van der Waals surface area (Å²) in [5.74, 6) is -0.881. The molecule has 0 aliphatic carbocycles. The predicted molar refractivity (Wildman–Crippen MR) is 117 cm³/mol. The van der Waals surface area contributed by atoms with E-state index in [9.17, 15) is 15.0 Å². The number of carboxylic acid groups (broad SMARTS) is 1. The molecular weight excluding hydrogens is 539 g/mol. The van der Waals surface area contributed by atoms with Crippen LogP contribution >= 0.6 is 22.6 Å². The molecular formula is C16H25IN10O5+2. The third-order valence-corrected chi connectivity index (χ3v) is 5.75. The van der Waals surface area contributed by atoms with Crippen molar-refractivity contribution in [1.82, 2.24) is 19.9 Å². The van der Waals surface area contributed by atoms with Gasteiger partial charge in [-0.05, 0) is 0 Å². The summed E-state index contributed by atoms with van der Waals surface area (Å²) in [5.41, 5.74) is 18.9. The molecule has 2 aromatic heterocycles. The molecule has 3 heterocycles. The Kier molecular flexibility index (Phi) is 7.99. The molecule has 15 nitrogen and oxygen atoms in total. The van der Waals surface area contributed by atoms with Gasteiger partial charge < -0.3 is 31.5 Å². The molecule has 1 aliphatic heterocycles. The number of fused-ring (bicyclic) bond motifs is 1. The van der Waals surface area contributed by atoms with Gasteiger partial charge in [-0.15, -0.1) is 4.98 Å². The van der Waals surface area contributed by atoms with Crippen LogP contribution in [0.4, 0.5) is 11.8 Å². The van der Waals surface area contributed by atoms with Gasteiger partial charge in [0.2, 0.25) is 6.23 Å². The number of halogens is 1. The van der Waals surface area contributed by atoms with Crippen molar-refractivity contribution >= 4 is 51.5 Å². The van der Waals surface area contributed by atoms with E-state index in [1.807, 2.05) is 4.90 Å². The van der Waals surface area contributed by atoms with Crippen molar-refractivity contribution in [2.24, 2.45) is 5.11 Å². The van der Waals surface area contributed by atoms with Crippen LogP contribution in [0.3, 0.4) is 0 Å². The van der Waals surface area contributed by atoms with E-state index in [4.69, 9.17) is 21.1 Å². The van der Waals surface area contributed by atoms with Crippen molar-refractivity contribution in [3.05, 3.63) is 16.8 Å². The Balaban J connectivity index is 1.84. The molecule has 1 fully saturated rings. The van der Waals surface area contributed by atoms with Gasteiger partial charge in [0.05, 0.1) is 0 Å². The van der Waals surface area contributed by atoms with Crippen LogP contribution in [0.5, 0.6) is 0 Å². The van der Waals surface area contributed by atoms with E-state index >= 15 is 0 Å². The van der Waals surface area contributed by atoms with E-state index in [-0.39, 0.29) is 24.0 Å². The first-order valence-corrected chi connectivity index (χ1v) is 11.3. The van der Waals surface area contributed by atoms with E-state index in [2.05, 4.69) is 53.3 Å². The lowest BCUT2D eigenvalue weighted by atomic mass is 10.1. The van der Waals surface area contributed by atoms with E-state index < -0.39 is 36.6 Å². The lowest BCUT2D eigenvalue weighted by Gasteiger charge is -2.26. The number of alkyl halides is 1. The smallest absolute Gasteiger partial charge is 0.441 e. The zero-order chi connectivity index (χ0) is 23.4. The average Bonchev–Trinajstić information content (AvgIpc) is 3.25. The summed E-state index contributed by atoms with van der Waals surface area (Å²) in [7, 11) is 0. The average molecular weight is 564 g/mol. The third kappa shape index (κ3) is 5.01. The molecule has 174 valence electrons. The molecule has 9 N–H and O–H groups in total. The van der Waals surface area contributed by atoms with Gasteiger partial charge in [0.1, 0.15) is 18.3 Å². The highest BCUT2D eigenvalue weighted by Gasteiger charge is 2.48. The first kappa shape index (κ1) is 24.3. The number of nitrogens with two attached hydrogens (primary N) is 1. The number of hydrogen-bond acceptors (Lipinski definition) is 9. The van der Waals surface area contributed by atoms with Crippen molar-refractivity contribution in [2.75, 3.05) is 29.8 Å². The Hall–Kier alpha value is -2.34. The standard InChI is InChI=1S/C16H23IN10O5/c17-2-4-26(3-1-7(18)15(30)31)5-8-10(28)11(29)14(32-8)27-13-9(12(19)21-6-22-13)23-16(27)24-25-20/h6-8,10-11,14,28-29H,1-5,18H2,(H3,19,21,22,30,31)/p+2/t7-,8+,10+,11+,14+/m0/s1. The SMILES string of the molecule is [N-]=[N+]=Nc1[nH]c2c(N)ncnc2[n+]1[C@@H]1O[C@H](CN(CCI)CC[C@H]([NH3+])C(=O)O)[C@@H](O)[C@H]1O. The number of H-pyrrole nitrogens is 1. The number of imidazole rings is 1. The van der Waals surface area contributed by atoms with Gasteiger partial charge in [0.25, 0.3) is 10.8 Å². The number of aliphatic hydroxyl groups excluding tert-OH is 2. The number of nitrogens with zero attached hydrogens (tertiary/aromatic N) is 7. The highest BCUT2D eigenvalue weighted by atomic mass is 127. The molecule has 0 unspecified atom stereocenters. The molecule has 0 amide bonds. The molecule has 16 heteroatoms. The molecule has 2 aromatic rings. The Bertz CT molecular complexity index is 1010. The summed E-state index contributed by atoms with van der Waals surface area (Å²) >= 11 is 2.20. The first-order chi connectivity index (χ1) is 15.3. The molecule has 0 aromatic carbocycles. The number of azide groups is 1. The summed E-state index contributed by atoms with van der Waals surface area (Å²) in [6.07, 6.45) is -2.95. The van der Waals surface area contributed by atoms with Gasteiger partial charge >= 0.3 is 11.9 Å². The fourth-order valence-electron chi connectivity index (χ4n) is 3.54. The molecule has 5 atom stereocenters. The number of aromatic nitrogens is 4. The van der Waals surface area contributed by atoms with Crippen LogP contribution < -0.4 is 16.0 Å². The minimum atomic E-state index is -1.35. The summed E-state index contributed by atoms with van der Waals surface area (Å²) in [4.78, 5) is 26.6. The zero-order valence-electron chi connectivity index (χ0n) is 17.0. The normalized spacial score (nSPS) is 24.0. The maximum atomic E-state index is 11.1.